The fraction of sp³-hybridized carbons (Fsp3) is 0.316. The predicted molar refractivity (Wildman–Crippen MR) is 99.3 cm³/mol. The largest absolute Gasteiger partial charge is 0.312 e. The SMILES string of the molecule is Cc1ccc(C)c(-n2nnn(C[NH+]3CCc4ccccc4C3)c2=S)c1. The van der Waals surface area contributed by atoms with Crippen LogP contribution in [0.4, 0.5) is 0 Å². The van der Waals surface area contributed by atoms with Crippen LogP contribution in [0.5, 0.6) is 0 Å². The van der Waals surface area contributed by atoms with Gasteiger partial charge in [0.1, 0.15) is 6.54 Å². The third kappa shape index (κ3) is 3.15. The average Bonchev–Trinajstić information content (AvgIpc) is 2.97. The zero-order valence-corrected chi connectivity index (χ0v) is 15.4. The Hall–Kier alpha value is -2.31. The summed E-state index contributed by atoms with van der Waals surface area (Å²) < 4.78 is 4.27. The average molecular weight is 352 g/mol. The maximum Gasteiger partial charge on any atom is 0.225 e. The Kier molecular flexibility index (Phi) is 4.23. The molecule has 0 aliphatic carbocycles. The molecule has 1 atom stereocenters. The number of aryl methyl sites for hydroxylation is 2. The summed E-state index contributed by atoms with van der Waals surface area (Å²) in [6, 6.07) is 15.0. The number of tetrazole rings is 1. The van der Waals surface area contributed by atoms with Crippen molar-refractivity contribution in [1.82, 2.24) is 19.8 Å². The van der Waals surface area contributed by atoms with Crippen molar-refractivity contribution in [3.8, 4) is 5.69 Å². The van der Waals surface area contributed by atoms with E-state index < -0.39 is 0 Å². The number of nitrogens with zero attached hydrogens (tertiary/aromatic N) is 4. The number of rotatable bonds is 3. The first-order valence-corrected chi connectivity index (χ1v) is 9.03. The van der Waals surface area contributed by atoms with E-state index in [0.29, 0.717) is 4.77 Å². The molecule has 6 heteroatoms. The van der Waals surface area contributed by atoms with E-state index in [-0.39, 0.29) is 0 Å². The number of benzene rings is 2. The minimum Gasteiger partial charge on any atom is -0.312 e. The van der Waals surface area contributed by atoms with Crippen molar-refractivity contribution < 1.29 is 4.90 Å². The Morgan fingerprint density at radius 2 is 1.88 bits per heavy atom. The lowest BCUT2D eigenvalue weighted by Crippen LogP contribution is -3.11. The molecule has 0 fully saturated rings. The summed E-state index contributed by atoms with van der Waals surface area (Å²) in [5.41, 5.74) is 6.24. The van der Waals surface area contributed by atoms with E-state index in [0.717, 1.165) is 37.4 Å². The number of hydrogen-bond acceptors (Lipinski definition) is 3. The maximum atomic E-state index is 5.64. The van der Waals surface area contributed by atoms with Crippen LogP contribution < -0.4 is 4.90 Å². The highest BCUT2D eigenvalue weighted by molar-refractivity contribution is 7.71. The highest BCUT2D eigenvalue weighted by atomic mass is 32.1. The molecule has 128 valence electrons. The van der Waals surface area contributed by atoms with Gasteiger partial charge in [0.05, 0.1) is 12.2 Å². The highest BCUT2D eigenvalue weighted by Crippen LogP contribution is 2.15. The van der Waals surface area contributed by atoms with E-state index in [1.807, 2.05) is 4.68 Å². The Balaban J connectivity index is 1.58. The number of aromatic nitrogens is 4. The van der Waals surface area contributed by atoms with Gasteiger partial charge < -0.3 is 4.90 Å². The third-order valence-corrected chi connectivity index (χ3v) is 5.30. The summed E-state index contributed by atoms with van der Waals surface area (Å²) in [6.07, 6.45) is 1.10. The molecule has 4 rings (SSSR count). The van der Waals surface area contributed by atoms with Gasteiger partial charge in [0.25, 0.3) is 0 Å². The topological polar surface area (TPSA) is 40.1 Å². The van der Waals surface area contributed by atoms with Gasteiger partial charge in [-0.2, -0.15) is 9.36 Å². The molecule has 0 saturated heterocycles. The summed E-state index contributed by atoms with van der Waals surface area (Å²) in [5.74, 6) is 0. The molecule has 3 aromatic rings. The first kappa shape index (κ1) is 16.2. The second kappa shape index (κ2) is 6.54. The van der Waals surface area contributed by atoms with E-state index in [1.54, 1.807) is 4.68 Å². The van der Waals surface area contributed by atoms with Gasteiger partial charge >= 0.3 is 0 Å². The van der Waals surface area contributed by atoms with Gasteiger partial charge in [0.2, 0.25) is 4.77 Å². The second-order valence-electron chi connectivity index (χ2n) is 6.82. The minimum absolute atomic E-state index is 0.653. The van der Waals surface area contributed by atoms with Crippen LogP contribution in [0.25, 0.3) is 5.69 Å². The molecule has 2 heterocycles. The summed E-state index contributed by atoms with van der Waals surface area (Å²) >= 11 is 5.64. The lowest BCUT2D eigenvalue weighted by molar-refractivity contribution is -0.939. The standard InChI is InChI=1S/C19H21N5S/c1-14-7-8-15(2)18(11-14)24-19(25)23(20-21-24)13-22-10-9-16-5-3-4-6-17(16)12-22/h3-8,11H,9-10,12-13H2,1-2H3/p+1. The number of quaternary nitrogens is 1. The Bertz CT molecular complexity index is 972. The number of hydrogen-bond donors (Lipinski definition) is 1. The van der Waals surface area contributed by atoms with Gasteiger partial charge in [-0.1, -0.05) is 36.4 Å². The van der Waals surface area contributed by atoms with E-state index in [4.69, 9.17) is 12.2 Å². The number of fused-ring (bicyclic) bond motifs is 1. The molecule has 1 aliphatic heterocycles. The summed E-state index contributed by atoms with van der Waals surface area (Å²) in [4.78, 5) is 1.46. The maximum absolute atomic E-state index is 5.64. The molecule has 25 heavy (non-hydrogen) atoms. The van der Waals surface area contributed by atoms with Crippen molar-refractivity contribution in [3.05, 3.63) is 69.5 Å². The highest BCUT2D eigenvalue weighted by Gasteiger charge is 2.20. The minimum atomic E-state index is 0.653. The lowest BCUT2D eigenvalue weighted by Gasteiger charge is -2.25. The van der Waals surface area contributed by atoms with Gasteiger partial charge in [0, 0.05) is 12.0 Å². The zero-order chi connectivity index (χ0) is 17.4. The van der Waals surface area contributed by atoms with Crippen molar-refractivity contribution in [2.75, 3.05) is 6.54 Å². The third-order valence-electron chi connectivity index (χ3n) is 4.91. The van der Waals surface area contributed by atoms with Crippen molar-refractivity contribution >= 4 is 12.2 Å². The normalized spacial score (nSPS) is 16.6. The Labute approximate surface area is 152 Å². The van der Waals surface area contributed by atoms with Crippen molar-refractivity contribution in [2.45, 2.75) is 33.5 Å². The molecule has 0 saturated carbocycles. The van der Waals surface area contributed by atoms with E-state index in [2.05, 4.69) is 66.7 Å². The molecule has 1 N–H and O–H groups in total. The molecular weight excluding hydrogens is 330 g/mol. The van der Waals surface area contributed by atoms with Gasteiger partial charge in [-0.15, -0.1) is 0 Å². The van der Waals surface area contributed by atoms with Crippen LogP contribution in [0.15, 0.2) is 42.5 Å². The molecule has 0 bridgehead atoms. The molecule has 0 amide bonds. The smallest absolute Gasteiger partial charge is 0.225 e. The van der Waals surface area contributed by atoms with Crippen molar-refractivity contribution in [2.24, 2.45) is 0 Å². The first-order valence-electron chi connectivity index (χ1n) is 8.62. The van der Waals surface area contributed by atoms with Gasteiger partial charge in [-0.25, -0.2) is 0 Å². The second-order valence-corrected chi connectivity index (χ2v) is 7.18. The zero-order valence-electron chi connectivity index (χ0n) is 14.6. The van der Waals surface area contributed by atoms with Gasteiger partial charge in [0.15, 0.2) is 6.67 Å². The van der Waals surface area contributed by atoms with Gasteiger partial charge in [-0.3, -0.25) is 0 Å². The van der Waals surface area contributed by atoms with Crippen LogP contribution in [0.2, 0.25) is 0 Å². The number of nitrogens with one attached hydrogen (secondary N) is 1. The first-order chi connectivity index (χ1) is 12.1. The molecular formula is C19H22N5S+. The monoisotopic (exact) mass is 352 g/mol. The van der Waals surface area contributed by atoms with Crippen LogP contribution in [0.1, 0.15) is 22.3 Å². The van der Waals surface area contributed by atoms with Crippen LogP contribution in [-0.4, -0.2) is 26.3 Å². The van der Waals surface area contributed by atoms with Gasteiger partial charge in [-0.05, 0) is 59.2 Å². The quantitative estimate of drug-likeness (QED) is 0.733. The van der Waals surface area contributed by atoms with E-state index in [9.17, 15) is 0 Å². The lowest BCUT2D eigenvalue weighted by atomic mass is 10.0. The van der Waals surface area contributed by atoms with E-state index in [1.165, 1.54) is 21.6 Å². The predicted octanol–water partition coefficient (Wildman–Crippen LogP) is 2.01. The summed E-state index contributed by atoms with van der Waals surface area (Å²) in [5, 5.41) is 8.63. The van der Waals surface area contributed by atoms with Crippen molar-refractivity contribution in [1.29, 1.82) is 0 Å². The van der Waals surface area contributed by atoms with Crippen LogP contribution >= 0.6 is 12.2 Å². The Morgan fingerprint density at radius 3 is 2.72 bits per heavy atom. The fourth-order valence-corrected chi connectivity index (χ4v) is 3.70. The molecule has 1 unspecified atom stereocenters. The van der Waals surface area contributed by atoms with Crippen LogP contribution in [0, 0.1) is 18.6 Å². The molecule has 0 radical (unpaired) electrons. The molecule has 0 spiro atoms. The Morgan fingerprint density at radius 1 is 1.08 bits per heavy atom. The van der Waals surface area contributed by atoms with Crippen LogP contribution in [0.3, 0.4) is 0 Å². The van der Waals surface area contributed by atoms with Crippen LogP contribution in [-0.2, 0) is 19.6 Å². The summed E-state index contributed by atoms with van der Waals surface area (Å²) in [7, 11) is 0. The summed E-state index contributed by atoms with van der Waals surface area (Å²) in [6.45, 7) is 7.00. The molecule has 1 aliphatic rings. The molecule has 2 aromatic carbocycles. The van der Waals surface area contributed by atoms with Crippen molar-refractivity contribution in [3.63, 3.8) is 0 Å². The fourth-order valence-electron chi connectivity index (χ4n) is 3.46. The molecule has 1 aromatic heterocycles. The molecule has 5 nitrogen and oxygen atoms in total. The van der Waals surface area contributed by atoms with E-state index >= 15 is 0 Å².